The van der Waals surface area contributed by atoms with Gasteiger partial charge in [0.25, 0.3) is 5.56 Å². The lowest BCUT2D eigenvalue weighted by Gasteiger charge is -2.35. The third-order valence-corrected chi connectivity index (χ3v) is 4.79. The highest BCUT2D eigenvalue weighted by atomic mass is 79.9. The van der Waals surface area contributed by atoms with Crippen molar-refractivity contribution < 1.29 is 4.79 Å². The zero-order valence-corrected chi connectivity index (χ0v) is 14.5. The monoisotopic (exact) mass is 392 g/mol. The minimum atomic E-state index is -0.523. The molecule has 1 fully saturated rings. The number of aromatic amines is 2. The number of benzene rings is 1. The minimum Gasteiger partial charge on any atom is -0.354 e. The highest BCUT2D eigenvalue weighted by molar-refractivity contribution is 9.10. The Labute approximate surface area is 146 Å². The maximum atomic E-state index is 12.4. The zero-order chi connectivity index (χ0) is 17.1. The van der Waals surface area contributed by atoms with Crippen LogP contribution in [0.1, 0.15) is 5.56 Å². The molecular weight excluding hydrogens is 376 g/mol. The van der Waals surface area contributed by atoms with Crippen LogP contribution in [0.5, 0.6) is 0 Å². The molecule has 2 N–H and O–H groups in total. The van der Waals surface area contributed by atoms with Gasteiger partial charge in [0.1, 0.15) is 5.82 Å². The average Bonchev–Trinajstić information content (AvgIpc) is 2.56. The summed E-state index contributed by atoms with van der Waals surface area (Å²) in [4.78, 5) is 43.7. The van der Waals surface area contributed by atoms with Gasteiger partial charge in [0.05, 0.1) is 6.42 Å². The van der Waals surface area contributed by atoms with Gasteiger partial charge in [0.15, 0.2) is 0 Å². The number of nitrogens with one attached hydrogen (secondary N) is 2. The molecular formula is C16H17BrN4O3. The third-order valence-electron chi connectivity index (χ3n) is 4.02. The molecule has 1 amide bonds. The number of halogens is 1. The van der Waals surface area contributed by atoms with E-state index in [1.807, 2.05) is 29.2 Å². The fourth-order valence-electron chi connectivity index (χ4n) is 2.74. The highest BCUT2D eigenvalue weighted by Gasteiger charge is 2.22. The van der Waals surface area contributed by atoms with E-state index in [2.05, 4.69) is 25.9 Å². The van der Waals surface area contributed by atoms with Crippen molar-refractivity contribution in [3.8, 4) is 0 Å². The number of anilines is 1. The normalized spacial score (nSPS) is 14.7. The number of hydrogen-bond acceptors (Lipinski definition) is 4. The molecule has 2 aromatic rings. The summed E-state index contributed by atoms with van der Waals surface area (Å²) in [7, 11) is 0. The summed E-state index contributed by atoms with van der Waals surface area (Å²) in [5, 5.41) is 0. The predicted molar refractivity (Wildman–Crippen MR) is 94.3 cm³/mol. The molecule has 1 aromatic heterocycles. The number of hydrogen-bond donors (Lipinski definition) is 2. The topological polar surface area (TPSA) is 89.3 Å². The average molecular weight is 393 g/mol. The Hall–Kier alpha value is -2.35. The molecule has 1 aliphatic rings. The molecule has 8 heteroatoms. The fraction of sp³-hybridized carbons (Fsp3) is 0.312. The van der Waals surface area contributed by atoms with E-state index < -0.39 is 11.2 Å². The Kier molecular flexibility index (Phi) is 4.84. The van der Waals surface area contributed by atoms with E-state index in [9.17, 15) is 14.4 Å². The van der Waals surface area contributed by atoms with Gasteiger partial charge in [-0.3, -0.25) is 19.6 Å². The second-order valence-corrected chi connectivity index (χ2v) is 6.46. The van der Waals surface area contributed by atoms with Gasteiger partial charge in [-0.2, -0.15) is 0 Å². The molecule has 0 bridgehead atoms. The fourth-order valence-corrected chi connectivity index (χ4v) is 3.16. The highest BCUT2D eigenvalue weighted by Crippen LogP contribution is 2.18. The van der Waals surface area contributed by atoms with Crippen LogP contribution < -0.4 is 16.1 Å². The van der Waals surface area contributed by atoms with Gasteiger partial charge in [0, 0.05) is 36.7 Å². The summed E-state index contributed by atoms with van der Waals surface area (Å²) in [6, 6.07) is 9.04. The molecule has 126 valence electrons. The van der Waals surface area contributed by atoms with Crippen molar-refractivity contribution >= 4 is 27.7 Å². The standard InChI is InChI=1S/C16H17BrN4O3/c17-12-4-2-1-3-11(12)9-15(23)21-7-5-20(6-8-21)13-10-14(22)19-16(24)18-13/h1-4,10H,5-9H2,(H2,18,19,22,24). The second kappa shape index (κ2) is 7.04. The maximum absolute atomic E-state index is 12.4. The number of nitrogens with zero attached hydrogens (tertiary/aromatic N) is 2. The first kappa shape index (κ1) is 16.5. The van der Waals surface area contributed by atoms with E-state index in [4.69, 9.17) is 0 Å². The van der Waals surface area contributed by atoms with E-state index in [1.165, 1.54) is 6.07 Å². The molecule has 1 aliphatic heterocycles. The number of aromatic nitrogens is 2. The molecule has 1 aromatic carbocycles. The first-order chi connectivity index (χ1) is 11.5. The van der Waals surface area contributed by atoms with Gasteiger partial charge < -0.3 is 9.80 Å². The maximum Gasteiger partial charge on any atom is 0.327 e. The third kappa shape index (κ3) is 3.76. The van der Waals surface area contributed by atoms with E-state index in [0.29, 0.717) is 38.4 Å². The van der Waals surface area contributed by atoms with Crippen LogP contribution in [-0.2, 0) is 11.2 Å². The van der Waals surface area contributed by atoms with Gasteiger partial charge in [-0.15, -0.1) is 0 Å². The zero-order valence-electron chi connectivity index (χ0n) is 12.9. The summed E-state index contributed by atoms with van der Waals surface area (Å²) < 4.78 is 0.929. The molecule has 24 heavy (non-hydrogen) atoms. The van der Waals surface area contributed by atoms with E-state index in [0.717, 1.165) is 10.0 Å². The molecule has 0 atom stereocenters. The Bertz CT molecular complexity index is 824. The van der Waals surface area contributed by atoms with Crippen molar-refractivity contribution in [3.63, 3.8) is 0 Å². The van der Waals surface area contributed by atoms with Crippen LogP contribution in [0.2, 0.25) is 0 Å². The summed E-state index contributed by atoms with van der Waals surface area (Å²) in [5.41, 5.74) is 0.00923. The minimum absolute atomic E-state index is 0.0703. The van der Waals surface area contributed by atoms with Crippen LogP contribution in [0.15, 0.2) is 44.4 Å². The summed E-state index contributed by atoms with van der Waals surface area (Å²) >= 11 is 3.46. The van der Waals surface area contributed by atoms with E-state index in [1.54, 1.807) is 4.90 Å². The van der Waals surface area contributed by atoms with Crippen molar-refractivity contribution in [3.05, 3.63) is 61.2 Å². The molecule has 0 radical (unpaired) electrons. The Morgan fingerprint density at radius 2 is 1.79 bits per heavy atom. The molecule has 0 spiro atoms. The van der Waals surface area contributed by atoms with Gasteiger partial charge in [-0.1, -0.05) is 34.1 Å². The first-order valence-electron chi connectivity index (χ1n) is 7.63. The summed E-state index contributed by atoms with van der Waals surface area (Å²) in [6.07, 6.45) is 0.350. The van der Waals surface area contributed by atoms with E-state index in [-0.39, 0.29) is 5.91 Å². The molecule has 1 saturated heterocycles. The SMILES string of the molecule is O=C(Cc1ccccc1Br)N1CCN(c2cc(=O)[nH]c(=O)[nH]2)CC1. The summed E-state index contributed by atoms with van der Waals surface area (Å²) in [5.74, 6) is 0.558. The van der Waals surface area contributed by atoms with Crippen molar-refractivity contribution in [2.75, 3.05) is 31.1 Å². The first-order valence-corrected chi connectivity index (χ1v) is 8.42. The van der Waals surface area contributed by atoms with Crippen LogP contribution in [0, 0.1) is 0 Å². The molecule has 7 nitrogen and oxygen atoms in total. The molecule has 0 unspecified atom stereocenters. The van der Waals surface area contributed by atoms with Crippen LogP contribution in [0.25, 0.3) is 0 Å². The lowest BCUT2D eigenvalue weighted by Crippen LogP contribution is -2.50. The van der Waals surface area contributed by atoms with Crippen molar-refractivity contribution in [2.45, 2.75) is 6.42 Å². The largest absolute Gasteiger partial charge is 0.354 e. The summed E-state index contributed by atoms with van der Waals surface area (Å²) in [6.45, 7) is 2.25. The van der Waals surface area contributed by atoms with Crippen LogP contribution >= 0.6 is 15.9 Å². The number of H-pyrrole nitrogens is 2. The Morgan fingerprint density at radius 3 is 2.46 bits per heavy atom. The van der Waals surface area contributed by atoms with Crippen LogP contribution in [-0.4, -0.2) is 47.0 Å². The number of rotatable bonds is 3. The van der Waals surface area contributed by atoms with Crippen molar-refractivity contribution in [1.82, 2.24) is 14.9 Å². The quantitative estimate of drug-likeness (QED) is 0.804. The van der Waals surface area contributed by atoms with Gasteiger partial charge in [-0.05, 0) is 11.6 Å². The number of carbonyl (C=O) groups is 1. The molecule has 2 heterocycles. The van der Waals surface area contributed by atoms with Gasteiger partial charge >= 0.3 is 5.69 Å². The number of piperazine rings is 1. The van der Waals surface area contributed by atoms with Crippen LogP contribution in [0.4, 0.5) is 5.82 Å². The van der Waals surface area contributed by atoms with Crippen LogP contribution in [0.3, 0.4) is 0 Å². The lowest BCUT2D eigenvalue weighted by atomic mass is 10.1. The second-order valence-electron chi connectivity index (χ2n) is 5.61. The lowest BCUT2D eigenvalue weighted by molar-refractivity contribution is -0.130. The molecule has 0 aliphatic carbocycles. The number of carbonyl (C=O) groups excluding carboxylic acids is 1. The smallest absolute Gasteiger partial charge is 0.327 e. The molecule has 0 saturated carbocycles. The Morgan fingerprint density at radius 1 is 1.08 bits per heavy atom. The van der Waals surface area contributed by atoms with Gasteiger partial charge in [-0.25, -0.2) is 4.79 Å². The van der Waals surface area contributed by atoms with Crippen molar-refractivity contribution in [1.29, 1.82) is 0 Å². The van der Waals surface area contributed by atoms with E-state index >= 15 is 0 Å². The predicted octanol–water partition coefficient (Wildman–Crippen LogP) is 0.717. The van der Waals surface area contributed by atoms with Crippen molar-refractivity contribution in [2.24, 2.45) is 0 Å². The Balaban J connectivity index is 1.62. The van der Waals surface area contributed by atoms with Gasteiger partial charge in [0.2, 0.25) is 5.91 Å². The molecule has 3 rings (SSSR count). The number of amides is 1.